The quantitative estimate of drug-likeness (QED) is 0.717. The lowest BCUT2D eigenvalue weighted by Gasteiger charge is -2.09. The molecule has 1 heterocycles. The minimum absolute atomic E-state index is 0.159. The smallest absolute Gasteiger partial charge is 0.414 e. The molecule has 1 N–H and O–H groups in total. The molecule has 3 aromatic rings. The van der Waals surface area contributed by atoms with E-state index in [0.29, 0.717) is 17.1 Å². The Hall–Kier alpha value is -3.48. The van der Waals surface area contributed by atoms with Gasteiger partial charge < -0.3 is 18.7 Å². The zero-order chi connectivity index (χ0) is 18.4. The Balaban J connectivity index is 1.71. The lowest BCUT2D eigenvalue weighted by atomic mass is 10.1. The van der Waals surface area contributed by atoms with Crippen molar-refractivity contribution in [2.75, 3.05) is 19.5 Å². The highest BCUT2D eigenvalue weighted by Gasteiger charge is 2.16. The van der Waals surface area contributed by atoms with Gasteiger partial charge >= 0.3 is 6.09 Å². The summed E-state index contributed by atoms with van der Waals surface area (Å²) >= 11 is 0. The highest BCUT2D eigenvalue weighted by Crippen LogP contribution is 2.35. The second kappa shape index (κ2) is 8.06. The summed E-state index contributed by atoms with van der Waals surface area (Å²) in [6, 6.07) is 14.7. The maximum absolute atomic E-state index is 12.0. The number of hydrogen-bond donors (Lipinski definition) is 1. The van der Waals surface area contributed by atoms with Gasteiger partial charge in [0.05, 0.1) is 26.0 Å². The standard InChI is InChI=1S/C19H18N2O5/c1-23-16-9-8-14(10-17(16)24-2)15-11-20-26-18(15)21-19(22)25-12-13-6-4-3-5-7-13/h3-11H,12H2,1-2H3,(H,21,22). The van der Waals surface area contributed by atoms with Crippen LogP contribution in [0.2, 0.25) is 0 Å². The summed E-state index contributed by atoms with van der Waals surface area (Å²) in [6.07, 6.45) is 0.876. The zero-order valence-corrected chi connectivity index (χ0v) is 14.4. The predicted octanol–water partition coefficient (Wildman–Crippen LogP) is 4.11. The first-order chi connectivity index (χ1) is 12.7. The van der Waals surface area contributed by atoms with E-state index < -0.39 is 6.09 Å². The van der Waals surface area contributed by atoms with Gasteiger partial charge in [0.2, 0.25) is 5.88 Å². The number of nitrogens with one attached hydrogen (secondary N) is 1. The minimum atomic E-state index is -0.632. The van der Waals surface area contributed by atoms with Crippen LogP contribution in [0.3, 0.4) is 0 Å². The molecule has 7 heteroatoms. The number of carbonyl (C=O) groups excluding carboxylic acids is 1. The van der Waals surface area contributed by atoms with Crippen molar-refractivity contribution in [3.63, 3.8) is 0 Å². The van der Waals surface area contributed by atoms with E-state index in [4.69, 9.17) is 18.7 Å². The monoisotopic (exact) mass is 354 g/mol. The summed E-state index contributed by atoms with van der Waals surface area (Å²) in [5, 5.41) is 6.31. The molecule has 0 atom stereocenters. The van der Waals surface area contributed by atoms with E-state index in [0.717, 1.165) is 11.1 Å². The third-order valence-electron chi connectivity index (χ3n) is 3.69. The summed E-state index contributed by atoms with van der Waals surface area (Å²) in [5.41, 5.74) is 2.24. The molecular weight excluding hydrogens is 336 g/mol. The van der Waals surface area contributed by atoms with Crippen LogP contribution in [-0.2, 0) is 11.3 Å². The molecule has 0 saturated heterocycles. The summed E-state index contributed by atoms with van der Waals surface area (Å²) in [7, 11) is 3.11. The first-order valence-corrected chi connectivity index (χ1v) is 7.86. The number of nitrogens with zero attached hydrogens (tertiary/aromatic N) is 1. The van der Waals surface area contributed by atoms with Crippen LogP contribution in [0.25, 0.3) is 11.1 Å². The Morgan fingerprint density at radius 3 is 2.58 bits per heavy atom. The Labute approximate surface area is 150 Å². The van der Waals surface area contributed by atoms with Crippen molar-refractivity contribution in [3.05, 3.63) is 60.3 Å². The molecule has 0 bridgehead atoms. The number of benzene rings is 2. The van der Waals surface area contributed by atoms with Crippen LogP contribution in [-0.4, -0.2) is 25.5 Å². The number of aromatic nitrogens is 1. The van der Waals surface area contributed by atoms with Crippen molar-refractivity contribution in [2.24, 2.45) is 0 Å². The molecule has 0 aliphatic heterocycles. The Bertz CT molecular complexity index is 877. The molecule has 7 nitrogen and oxygen atoms in total. The van der Waals surface area contributed by atoms with Gasteiger partial charge in [-0.25, -0.2) is 4.79 Å². The largest absolute Gasteiger partial charge is 0.493 e. The Morgan fingerprint density at radius 1 is 1.08 bits per heavy atom. The fourth-order valence-corrected chi connectivity index (χ4v) is 2.39. The number of rotatable bonds is 6. The average molecular weight is 354 g/mol. The van der Waals surface area contributed by atoms with E-state index in [1.807, 2.05) is 36.4 Å². The van der Waals surface area contributed by atoms with Gasteiger partial charge in [0.25, 0.3) is 0 Å². The van der Waals surface area contributed by atoms with Crippen LogP contribution in [0, 0.1) is 0 Å². The number of anilines is 1. The molecular formula is C19H18N2O5. The van der Waals surface area contributed by atoms with Crippen molar-refractivity contribution >= 4 is 12.0 Å². The van der Waals surface area contributed by atoms with Crippen molar-refractivity contribution in [2.45, 2.75) is 6.61 Å². The summed E-state index contributed by atoms with van der Waals surface area (Å²) in [4.78, 5) is 12.0. The number of carbonyl (C=O) groups is 1. The molecule has 3 rings (SSSR count). The van der Waals surface area contributed by atoms with Gasteiger partial charge in [0.1, 0.15) is 6.61 Å². The predicted molar refractivity (Wildman–Crippen MR) is 95.3 cm³/mol. The van der Waals surface area contributed by atoms with Crippen LogP contribution < -0.4 is 14.8 Å². The second-order valence-electron chi connectivity index (χ2n) is 5.33. The SMILES string of the molecule is COc1ccc(-c2cnoc2NC(=O)OCc2ccccc2)cc1OC. The van der Waals surface area contributed by atoms with Crippen molar-refractivity contribution in [1.82, 2.24) is 5.16 Å². The van der Waals surface area contributed by atoms with Gasteiger partial charge in [-0.2, -0.15) is 0 Å². The molecule has 0 aliphatic carbocycles. The van der Waals surface area contributed by atoms with E-state index >= 15 is 0 Å². The van der Waals surface area contributed by atoms with E-state index in [1.54, 1.807) is 26.4 Å². The lowest BCUT2D eigenvalue weighted by Crippen LogP contribution is -2.13. The van der Waals surface area contributed by atoms with Gasteiger partial charge in [0.15, 0.2) is 11.5 Å². The minimum Gasteiger partial charge on any atom is -0.493 e. The van der Waals surface area contributed by atoms with Crippen LogP contribution in [0.1, 0.15) is 5.56 Å². The van der Waals surface area contributed by atoms with Crippen LogP contribution >= 0.6 is 0 Å². The first kappa shape index (κ1) is 17.3. The Morgan fingerprint density at radius 2 is 1.85 bits per heavy atom. The Kier molecular flexibility index (Phi) is 5.38. The van der Waals surface area contributed by atoms with Crippen molar-refractivity contribution < 1.29 is 23.5 Å². The van der Waals surface area contributed by atoms with Gasteiger partial charge in [-0.3, -0.25) is 5.32 Å². The average Bonchev–Trinajstić information content (AvgIpc) is 3.14. The number of hydrogen-bond acceptors (Lipinski definition) is 6. The van der Waals surface area contributed by atoms with E-state index in [1.165, 1.54) is 6.20 Å². The van der Waals surface area contributed by atoms with Gasteiger partial charge in [0, 0.05) is 0 Å². The molecule has 0 fully saturated rings. The van der Waals surface area contributed by atoms with Crippen molar-refractivity contribution in [3.8, 4) is 22.6 Å². The number of methoxy groups -OCH3 is 2. The lowest BCUT2D eigenvalue weighted by molar-refractivity contribution is 0.154. The molecule has 134 valence electrons. The number of amides is 1. The summed E-state index contributed by atoms with van der Waals surface area (Å²) in [6.45, 7) is 0.159. The van der Waals surface area contributed by atoms with E-state index in [-0.39, 0.29) is 12.5 Å². The highest BCUT2D eigenvalue weighted by molar-refractivity contribution is 5.88. The van der Waals surface area contributed by atoms with Crippen LogP contribution in [0.15, 0.2) is 59.3 Å². The topological polar surface area (TPSA) is 82.8 Å². The first-order valence-electron chi connectivity index (χ1n) is 7.86. The third kappa shape index (κ3) is 3.94. The molecule has 0 aliphatic rings. The molecule has 26 heavy (non-hydrogen) atoms. The summed E-state index contributed by atoms with van der Waals surface area (Å²) < 4.78 is 20.8. The second-order valence-corrected chi connectivity index (χ2v) is 5.33. The maximum atomic E-state index is 12.0. The highest BCUT2D eigenvalue weighted by atomic mass is 16.6. The molecule has 0 radical (unpaired) electrons. The number of ether oxygens (including phenoxy) is 3. The summed E-state index contributed by atoms with van der Waals surface area (Å²) in [5.74, 6) is 1.35. The van der Waals surface area contributed by atoms with E-state index in [2.05, 4.69) is 10.5 Å². The van der Waals surface area contributed by atoms with Gasteiger partial charge in [-0.1, -0.05) is 41.6 Å². The van der Waals surface area contributed by atoms with Crippen LogP contribution in [0.5, 0.6) is 11.5 Å². The van der Waals surface area contributed by atoms with Gasteiger partial charge in [-0.05, 0) is 23.3 Å². The van der Waals surface area contributed by atoms with Gasteiger partial charge in [-0.15, -0.1) is 0 Å². The molecule has 1 amide bonds. The molecule has 0 unspecified atom stereocenters. The van der Waals surface area contributed by atoms with Crippen molar-refractivity contribution in [1.29, 1.82) is 0 Å². The third-order valence-corrected chi connectivity index (χ3v) is 3.69. The maximum Gasteiger partial charge on any atom is 0.414 e. The fourth-order valence-electron chi connectivity index (χ4n) is 2.39. The molecule has 1 aromatic heterocycles. The fraction of sp³-hybridized carbons (Fsp3) is 0.158. The van der Waals surface area contributed by atoms with E-state index in [9.17, 15) is 4.79 Å². The molecule has 0 saturated carbocycles. The zero-order valence-electron chi connectivity index (χ0n) is 14.4. The normalized spacial score (nSPS) is 10.2. The molecule has 2 aromatic carbocycles. The molecule has 0 spiro atoms. The van der Waals surface area contributed by atoms with Crippen LogP contribution in [0.4, 0.5) is 10.7 Å².